The number of benzene rings is 1. The predicted molar refractivity (Wildman–Crippen MR) is 139 cm³/mol. The number of nitrogens with one attached hydrogen (secondary N) is 3. The van der Waals surface area contributed by atoms with Crippen molar-refractivity contribution < 1.29 is 29.1 Å². The van der Waals surface area contributed by atoms with Gasteiger partial charge in [0.2, 0.25) is 23.6 Å². The van der Waals surface area contributed by atoms with E-state index in [1.165, 1.54) is 4.90 Å². The van der Waals surface area contributed by atoms with Crippen LogP contribution in [0.2, 0.25) is 0 Å². The molecule has 0 bridgehead atoms. The number of para-hydroxylation sites is 1. The Bertz CT molecular complexity index is 1190. The number of likely N-dealkylation sites (tertiary alicyclic amines) is 1. The third-order valence-corrected chi connectivity index (χ3v) is 6.63. The molecule has 4 unspecified atom stereocenters. The van der Waals surface area contributed by atoms with Gasteiger partial charge in [-0.2, -0.15) is 0 Å². The van der Waals surface area contributed by atoms with Crippen LogP contribution < -0.4 is 22.1 Å². The zero-order valence-corrected chi connectivity index (χ0v) is 21.6. The van der Waals surface area contributed by atoms with Gasteiger partial charge in [0, 0.05) is 23.6 Å². The van der Waals surface area contributed by atoms with Crippen LogP contribution in [0.25, 0.3) is 10.9 Å². The topological polar surface area (TPSA) is 201 Å². The van der Waals surface area contributed by atoms with Gasteiger partial charge in [0.15, 0.2) is 0 Å². The van der Waals surface area contributed by atoms with Crippen LogP contribution in [-0.2, 0) is 30.4 Å². The normalized spacial score (nSPS) is 17.7. The number of carbonyl (C=O) groups excluding carboxylic acids is 4. The number of H-pyrrole nitrogens is 1. The summed E-state index contributed by atoms with van der Waals surface area (Å²) in [7, 11) is 0. The molecule has 1 fully saturated rings. The Morgan fingerprint density at radius 3 is 2.50 bits per heavy atom. The van der Waals surface area contributed by atoms with Crippen molar-refractivity contribution in [3.05, 3.63) is 36.0 Å². The second kappa shape index (κ2) is 12.5. The standard InChI is InChI=1S/C26H36N6O6/c1-14(2)10-20(26(37)38)31-23(34)19(12-22(28)33)30-24(35)21-8-5-9-32(21)25(36)17(27)11-15-13-29-18-7-4-3-6-16(15)18/h3-4,6-7,13-14,17,19-21,29H,5,8-12,27H2,1-2H3,(H2,28,33)(H,30,35)(H,31,34)(H,37,38). The maximum Gasteiger partial charge on any atom is 0.326 e. The van der Waals surface area contributed by atoms with Crippen molar-refractivity contribution in [2.75, 3.05) is 6.54 Å². The van der Waals surface area contributed by atoms with Gasteiger partial charge in [-0.3, -0.25) is 19.2 Å². The zero-order valence-electron chi connectivity index (χ0n) is 21.6. The summed E-state index contributed by atoms with van der Waals surface area (Å²) in [5.74, 6) is -3.96. The van der Waals surface area contributed by atoms with E-state index in [0.717, 1.165) is 16.5 Å². The maximum atomic E-state index is 13.2. The number of primary amides is 1. The lowest BCUT2D eigenvalue weighted by Crippen LogP contribution is -2.57. The first-order valence-corrected chi connectivity index (χ1v) is 12.7. The summed E-state index contributed by atoms with van der Waals surface area (Å²) in [6, 6.07) is 3.31. The zero-order chi connectivity index (χ0) is 28.0. The lowest BCUT2D eigenvalue weighted by molar-refractivity contribution is -0.143. The van der Waals surface area contributed by atoms with Crippen LogP contribution in [0.5, 0.6) is 0 Å². The van der Waals surface area contributed by atoms with E-state index in [4.69, 9.17) is 11.5 Å². The molecule has 2 heterocycles. The van der Waals surface area contributed by atoms with Crippen molar-refractivity contribution in [2.45, 2.75) is 70.1 Å². The molecule has 0 radical (unpaired) electrons. The molecule has 0 saturated carbocycles. The molecular weight excluding hydrogens is 492 g/mol. The molecule has 12 heteroatoms. The number of hydrogen-bond acceptors (Lipinski definition) is 6. The number of hydrogen-bond donors (Lipinski definition) is 6. The van der Waals surface area contributed by atoms with Crippen LogP contribution in [0.1, 0.15) is 45.1 Å². The molecule has 1 aromatic carbocycles. The summed E-state index contributed by atoms with van der Waals surface area (Å²) in [6.07, 6.45) is 2.64. The van der Waals surface area contributed by atoms with Crippen LogP contribution in [-0.4, -0.2) is 75.3 Å². The smallest absolute Gasteiger partial charge is 0.326 e. The molecule has 206 valence electrons. The van der Waals surface area contributed by atoms with Crippen molar-refractivity contribution in [3.63, 3.8) is 0 Å². The van der Waals surface area contributed by atoms with Gasteiger partial charge >= 0.3 is 5.97 Å². The highest BCUT2D eigenvalue weighted by atomic mass is 16.4. The third-order valence-electron chi connectivity index (χ3n) is 6.63. The van der Waals surface area contributed by atoms with E-state index < -0.39 is 60.2 Å². The van der Waals surface area contributed by atoms with Gasteiger partial charge in [-0.1, -0.05) is 32.0 Å². The van der Waals surface area contributed by atoms with Crippen LogP contribution in [0.4, 0.5) is 0 Å². The van der Waals surface area contributed by atoms with E-state index in [-0.39, 0.29) is 18.8 Å². The number of carboxylic acid groups (broad SMARTS) is 1. The summed E-state index contributed by atoms with van der Waals surface area (Å²) >= 11 is 0. The van der Waals surface area contributed by atoms with Gasteiger partial charge in [-0.15, -0.1) is 0 Å². The minimum Gasteiger partial charge on any atom is -0.480 e. The Morgan fingerprint density at radius 2 is 1.84 bits per heavy atom. The fraction of sp³-hybridized carbons (Fsp3) is 0.500. The Morgan fingerprint density at radius 1 is 1.13 bits per heavy atom. The number of amides is 4. The molecule has 1 saturated heterocycles. The van der Waals surface area contributed by atoms with Gasteiger partial charge in [0.25, 0.3) is 0 Å². The van der Waals surface area contributed by atoms with Crippen molar-refractivity contribution >= 4 is 40.5 Å². The summed E-state index contributed by atoms with van der Waals surface area (Å²) in [6.45, 7) is 3.93. The molecule has 0 aliphatic carbocycles. The first-order valence-electron chi connectivity index (χ1n) is 12.7. The molecule has 1 aliphatic heterocycles. The van der Waals surface area contributed by atoms with E-state index in [0.29, 0.717) is 19.4 Å². The van der Waals surface area contributed by atoms with Crippen molar-refractivity contribution in [2.24, 2.45) is 17.4 Å². The summed E-state index contributed by atoms with van der Waals surface area (Å²) in [5, 5.41) is 15.3. The molecule has 4 atom stereocenters. The minimum absolute atomic E-state index is 0.0212. The first kappa shape index (κ1) is 28.6. The van der Waals surface area contributed by atoms with E-state index in [2.05, 4.69) is 15.6 Å². The molecule has 1 aliphatic rings. The number of nitrogens with two attached hydrogens (primary N) is 2. The Balaban J connectivity index is 1.68. The van der Waals surface area contributed by atoms with Gasteiger partial charge in [0.1, 0.15) is 18.1 Å². The molecule has 4 amide bonds. The fourth-order valence-electron chi connectivity index (χ4n) is 4.78. The number of carbonyl (C=O) groups is 5. The minimum atomic E-state index is -1.38. The molecule has 3 rings (SSSR count). The van der Waals surface area contributed by atoms with E-state index in [1.807, 2.05) is 30.5 Å². The van der Waals surface area contributed by atoms with Crippen molar-refractivity contribution in [1.82, 2.24) is 20.5 Å². The fourth-order valence-corrected chi connectivity index (χ4v) is 4.78. The van der Waals surface area contributed by atoms with E-state index >= 15 is 0 Å². The van der Waals surface area contributed by atoms with Crippen LogP contribution in [0, 0.1) is 5.92 Å². The third kappa shape index (κ3) is 7.09. The highest BCUT2D eigenvalue weighted by molar-refractivity contribution is 5.96. The lowest BCUT2D eigenvalue weighted by atomic mass is 10.0. The molecule has 1 aromatic heterocycles. The molecule has 0 spiro atoms. The van der Waals surface area contributed by atoms with Gasteiger partial charge < -0.3 is 37.1 Å². The molecule has 38 heavy (non-hydrogen) atoms. The average Bonchev–Trinajstić information content (AvgIpc) is 3.50. The number of aliphatic carboxylic acids is 1. The van der Waals surface area contributed by atoms with Crippen LogP contribution in [0.3, 0.4) is 0 Å². The first-order chi connectivity index (χ1) is 18.0. The number of carboxylic acids is 1. The SMILES string of the molecule is CC(C)CC(NC(=O)C(CC(N)=O)NC(=O)C1CCCN1C(=O)C(N)Cc1c[nH]c2ccccc12)C(=O)O. The van der Waals surface area contributed by atoms with E-state index in [9.17, 15) is 29.1 Å². The molecule has 8 N–H and O–H groups in total. The van der Waals surface area contributed by atoms with Crippen LogP contribution in [0.15, 0.2) is 30.5 Å². The number of fused-ring (bicyclic) bond motifs is 1. The monoisotopic (exact) mass is 528 g/mol. The average molecular weight is 529 g/mol. The Labute approximate surface area is 220 Å². The highest BCUT2D eigenvalue weighted by Crippen LogP contribution is 2.22. The molecule has 12 nitrogen and oxygen atoms in total. The maximum absolute atomic E-state index is 13.2. The van der Waals surface area contributed by atoms with Gasteiger partial charge in [-0.25, -0.2) is 4.79 Å². The Hall–Kier alpha value is -3.93. The highest BCUT2D eigenvalue weighted by Gasteiger charge is 2.38. The van der Waals surface area contributed by atoms with Crippen LogP contribution >= 0.6 is 0 Å². The predicted octanol–water partition coefficient (Wildman–Crippen LogP) is 0.00440. The van der Waals surface area contributed by atoms with Gasteiger partial charge in [0.05, 0.1) is 12.5 Å². The van der Waals surface area contributed by atoms with Gasteiger partial charge in [-0.05, 0) is 43.2 Å². The van der Waals surface area contributed by atoms with Crippen molar-refractivity contribution in [3.8, 4) is 0 Å². The van der Waals surface area contributed by atoms with Crippen molar-refractivity contribution in [1.29, 1.82) is 0 Å². The number of aromatic amines is 1. The number of aromatic nitrogens is 1. The largest absolute Gasteiger partial charge is 0.480 e. The molecule has 2 aromatic rings. The summed E-state index contributed by atoms with van der Waals surface area (Å²) in [5.41, 5.74) is 13.4. The lowest BCUT2D eigenvalue weighted by Gasteiger charge is -2.28. The molecular formula is C26H36N6O6. The number of rotatable bonds is 12. The quantitative estimate of drug-likeness (QED) is 0.222. The number of nitrogens with zero attached hydrogens (tertiary/aromatic N) is 1. The summed E-state index contributed by atoms with van der Waals surface area (Å²) < 4.78 is 0. The van der Waals surface area contributed by atoms with E-state index in [1.54, 1.807) is 13.8 Å². The summed E-state index contributed by atoms with van der Waals surface area (Å²) in [4.78, 5) is 67.0. The second-order valence-electron chi connectivity index (χ2n) is 10.1. The second-order valence-corrected chi connectivity index (χ2v) is 10.1. The Kier molecular flexibility index (Phi) is 9.45.